The van der Waals surface area contributed by atoms with Gasteiger partial charge in [0, 0.05) is 11.1 Å². The van der Waals surface area contributed by atoms with Crippen molar-refractivity contribution in [1.29, 1.82) is 0 Å². The number of nitrogens with one attached hydrogen (secondary N) is 1. The van der Waals surface area contributed by atoms with Gasteiger partial charge < -0.3 is 10.1 Å². The Morgan fingerprint density at radius 3 is 2.30 bits per heavy atom. The number of halogens is 1. The highest BCUT2D eigenvalue weighted by atomic mass is 35.5. The quantitative estimate of drug-likeness (QED) is 0.862. The lowest BCUT2D eigenvalue weighted by molar-refractivity contribution is 0.340. The number of hydrogen-bond donors (Lipinski definition) is 1. The van der Waals surface area contributed by atoms with Crippen molar-refractivity contribution in [3.05, 3.63) is 53.1 Å². The summed E-state index contributed by atoms with van der Waals surface area (Å²) in [6, 6.07) is 14.5. The molecule has 0 bridgehead atoms. The van der Waals surface area contributed by atoms with Crippen LogP contribution in [0.5, 0.6) is 5.75 Å². The third-order valence-electron chi connectivity index (χ3n) is 3.40. The van der Waals surface area contributed by atoms with Gasteiger partial charge in [0.1, 0.15) is 5.75 Å². The second-order valence-corrected chi connectivity index (χ2v) is 5.11. The van der Waals surface area contributed by atoms with E-state index in [1.807, 2.05) is 32.2 Å². The monoisotopic (exact) mass is 289 g/mol. The molecule has 1 N–H and O–H groups in total. The van der Waals surface area contributed by atoms with E-state index in [1.165, 1.54) is 0 Å². The molecule has 0 aliphatic carbocycles. The molecule has 0 fully saturated rings. The van der Waals surface area contributed by atoms with Crippen molar-refractivity contribution in [2.45, 2.75) is 19.9 Å². The highest BCUT2D eigenvalue weighted by Crippen LogP contribution is 2.29. The Balaban J connectivity index is 2.27. The molecule has 106 valence electrons. The lowest BCUT2D eigenvalue weighted by Crippen LogP contribution is -2.12. The van der Waals surface area contributed by atoms with Gasteiger partial charge in [-0.25, -0.2) is 0 Å². The van der Waals surface area contributed by atoms with E-state index in [-0.39, 0.29) is 6.04 Å². The standard InChI is InChI=1S/C17H20ClNO/c1-4-20-15-8-5-13(6-9-15)14-7-10-16(12(2)19-3)17(18)11-14/h5-12,19H,4H2,1-3H3. The molecule has 1 unspecified atom stereocenters. The molecular weight excluding hydrogens is 270 g/mol. The summed E-state index contributed by atoms with van der Waals surface area (Å²) in [4.78, 5) is 0. The molecule has 1 atom stereocenters. The Morgan fingerprint density at radius 2 is 1.75 bits per heavy atom. The van der Waals surface area contributed by atoms with Gasteiger partial charge in [-0.05, 0) is 55.8 Å². The lowest BCUT2D eigenvalue weighted by atomic mass is 10.0. The molecule has 0 aromatic heterocycles. The number of benzene rings is 2. The van der Waals surface area contributed by atoms with E-state index >= 15 is 0 Å². The third kappa shape index (κ3) is 3.33. The average molecular weight is 290 g/mol. The van der Waals surface area contributed by atoms with Gasteiger partial charge in [0.25, 0.3) is 0 Å². The summed E-state index contributed by atoms with van der Waals surface area (Å²) in [7, 11) is 1.93. The largest absolute Gasteiger partial charge is 0.494 e. The topological polar surface area (TPSA) is 21.3 Å². The molecule has 0 heterocycles. The van der Waals surface area contributed by atoms with Crippen LogP contribution in [0.1, 0.15) is 25.5 Å². The molecule has 0 aliphatic heterocycles. The number of ether oxygens (including phenoxy) is 1. The minimum absolute atomic E-state index is 0.247. The predicted molar refractivity (Wildman–Crippen MR) is 85.5 cm³/mol. The summed E-state index contributed by atoms with van der Waals surface area (Å²) in [5.74, 6) is 0.891. The van der Waals surface area contributed by atoms with Crippen molar-refractivity contribution < 1.29 is 4.74 Å². The summed E-state index contributed by atoms with van der Waals surface area (Å²) in [5.41, 5.74) is 3.37. The van der Waals surface area contributed by atoms with Crippen LogP contribution in [0, 0.1) is 0 Å². The van der Waals surface area contributed by atoms with Crippen LogP contribution in [0.3, 0.4) is 0 Å². The summed E-state index contributed by atoms with van der Waals surface area (Å²) in [6.45, 7) is 4.76. The molecule has 0 aliphatic rings. The van der Waals surface area contributed by atoms with Crippen LogP contribution in [0.4, 0.5) is 0 Å². The molecule has 0 saturated carbocycles. The van der Waals surface area contributed by atoms with Crippen LogP contribution in [0.2, 0.25) is 5.02 Å². The van der Waals surface area contributed by atoms with E-state index in [0.29, 0.717) is 6.61 Å². The minimum Gasteiger partial charge on any atom is -0.494 e. The van der Waals surface area contributed by atoms with Crippen molar-refractivity contribution in [2.75, 3.05) is 13.7 Å². The first kappa shape index (κ1) is 14.9. The summed E-state index contributed by atoms with van der Waals surface area (Å²) in [6.07, 6.45) is 0. The SMILES string of the molecule is CCOc1ccc(-c2ccc(C(C)NC)c(Cl)c2)cc1. The number of hydrogen-bond acceptors (Lipinski definition) is 2. The molecular formula is C17H20ClNO. The molecule has 0 radical (unpaired) electrons. The van der Waals surface area contributed by atoms with Crippen molar-refractivity contribution >= 4 is 11.6 Å². The van der Waals surface area contributed by atoms with E-state index in [0.717, 1.165) is 27.5 Å². The predicted octanol–water partition coefficient (Wildman–Crippen LogP) is 4.69. The molecule has 2 aromatic carbocycles. The zero-order valence-corrected chi connectivity index (χ0v) is 12.9. The Morgan fingerprint density at radius 1 is 1.10 bits per heavy atom. The molecule has 3 heteroatoms. The van der Waals surface area contributed by atoms with Gasteiger partial charge in [0.05, 0.1) is 6.61 Å². The van der Waals surface area contributed by atoms with E-state index in [1.54, 1.807) is 0 Å². The van der Waals surface area contributed by atoms with Crippen molar-refractivity contribution in [2.24, 2.45) is 0 Å². The van der Waals surface area contributed by atoms with Gasteiger partial charge in [0.2, 0.25) is 0 Å². The Kier molecular flexibility index (Phi) is 5.05. The maximum Gasteiger partial charge on any atom is 0.119 e. The minimum atomic E-state index is 0.247. The normalized spacial score (nSPS) is 12.2. The van der Waals surface area contributed by atoms with Gasteiger partial charge >= 0.3 is 0 Å². The van der Waals surface area contributed by atoms with E-state index in [4.69, 9.17) is 16.3 Å². The summed E-state index contributed by atoms with van der Waals surface area (Å²) in [5, 5.41) is 3.99. The van der Waals surface area contributed by atoms with Crippen LogP contribution < -0.4 is 10.1 Å². The first-order valence-corrected chi connectivity index (χ1v) is 7.23. The van der Waals surface area contributed by atoms with Gasteiger partial charge in [0.15, 0.2) is 0 Å². The zero-order valence-electron chi connectivity index (χ0n) is 12.1. The van der Waals surface area contributed by atoms with Crippen LogP contribution in [-0.4, -0.2) is 13.7 Å². The third-order valence-corrected chi connectivity index (χ3v) is 3.73. The van der Waals surface area contributed by atoms with Gasteiger partial charge in [-0.2, -0.15) is 0 Å². The molecule has 20 heavy (non-hydrogen) atoms. The lowest BCUT2D eigenvalue weighted by Gasteiger charge is -2.14. The summed E-state index contributed by atoms with van der Waals surface area (Å²) < 4.78 is 5.45. The second-order valence-electron chi connectivity index (χ2n) is 4.70. The summed E-state index contributed by atoms with van der Waals surface area (Å²) >= 11 is 6.37. The van der Waals surface area contributed by atoms with Crippen LogP contribution in [0.25, 0.3) is 11.1 Å². The Hall–Kier alpha value is -1.51. The van der Waals surface area contributed by atoms with Crippen LogP contribution in [0.15, 0.2) is 42.5 Å². The molecule has 0 spiro atoms. The molecule has 2 aromatic rings. The van der Waals surface area contributed by atoms with E-state index < -0.39 is 0 Å². The van der Waals surface area contributed by atoms with Crippen molar-refractivity contribution in [1.82, 2.24) is 5.32 Å². The molecule has 2 rings (SSSR count). The fourth-order valence-electron chi connectivity index (χ4n) is 2.12. The van der Waals surface area contributed by atoms with Gasteiger partial charge in [-0.15, -0.1) is 0 Å². The van der Waals surface area contributed by atoms with E-state index in [9.17, 15) is 0 Å². The fourth-order valence-corrected chi connectivity index (χ4v) is 2.47. The van der Waals surface area contributed by atoms with Gasteiger partial charge in [-0.1, -0.05) is 35.9 Å². The number of rotatable bonds is 5. The van der Waals surface area contributed by atoms with E-state index in [2.05, 4.69) is 36.5 Å². The first-order valence-electron chi connectivity index (χ1n) is 6.85. The molecule has 0 saturated heterocycles. The van der Waals surface area contributed by atoms with Crippen LogP contribution in [-0.2, 0) is 0 Å². The molecule has 2 nitrogen and oxygen atoms in total. The van der Waals surface area contributed by atoms with Crippen molar-refractivity contribution in [3.63, 3.8) is 0 Å². The van der Waals surface area contributed by atoms with Gasteiger partial charge in [-0.3, -0.25) is 0 Å². The maximum atomic E-state index is 6.37. The maximum absolute atomic E-state index is 6.37. The highest BCUT2D eigenvalue weighted by molar-refractivity contribution is 6.31. The highest BCUT2D eigenvalue weighted by Gasteiger charge is 2.09. The Bertz CT molecular complexity index is 566. The average Bonchev–Trinajstić information content (AvgIpc) is 2.47. The smallest absolute Gasteiger partial charge is 0.119 e. The zero-order chi connectivity index (χ0) is 14.5. The fraction of sp³-hybridized carbons (Fsp3) is 0.294. The second kappa shape index (κ2) is 6.78. The Labute approximate surface area is 125 Å². The van der Waals surface area contributed by atoms with Crippen LogP contribution >= 0.6 is 11.6 Å². The first-order chi connectivity index (χ1) is 9.65. The van der Waals surface area contributed by atoms with Crippen molar-refractivity contribution in [3.8, 4) is 16.9 Å². The molecule has 0 amide bonds.